The Bertz CT molecular complexity index is 1190. The van der Waals surface area contributed by atoms with Crippen LogP contribution < -0.4 is 16.1 Å². The molecule has 1 aromatic heterocycles. The third-order valence-electron chi connectivity index (χ3n) is 4.72. The Labute approximate surface area is 156 Å². The van der Waals surface area contributed by atoms with Crippen LogP contribution in [0, 0.1) is 17.5 Å². The number of halogens is 3. The maximum absolute atomic E-state index is 14.6. The minimum atomic E-state index is -1.54. The van der Waals surface area contributed by atoms with Crippen LogP contribution in [0.2, 0.25) is 0 Å². The van der Waals surface area contributed by atoms with Gasteiger partial charge in [-0.05, 0) is 24.3 Å². The molecule has 2 heterocycles. The Morgan fingerprint density at radius 1 is 1.07 bits per heavy atom. The van der Waals surface area contributed by atoms with Crippen LogP contribution in [0.5, 0.6) is 0 Å². The number of rotatable bonds is 3. The first kappa shape index (κ1) is 18.1. The summed E-state index contributed by atoms with van der Waals surface area (Å²) in [4.78, 5) is 25.6. The minimum Gasteiger partial charge on any atom is -0.477 e. The molecule has 6 nitrogen and oxygen atoms in total. The lowest BCUT2D eigenvalue weighted by Crippen LogP contribution is -2.56. The van der Waals surface area contributed by atoms with Gasteiger partial charge in [-0.15, -0.1) is 0 Å². The number of fused-ring (bicyclic) bond motifs is 1. The fraction of sp³-hybridized carbons (Fsp3) is 0.158. The van der Waals surface area contributed by atoms with Crippen molar-refractivity contribution in [1.29, 1.82) is 0 Å². The number of aromatic nitrogens is 1. The molecule has 1 saturated heterocycles. The van der Waals surface area contributed by atoms with E-state index >= 15 is 0 Å². The number of nitrogens with zero attached hydrogens (tertiary/aromatic N) is 2. The van der Waals surface area contributed by atoms with Gasteiger partial charge in [0.05, 0.1) is 16.9 Å². The number of carbonyl (C=O) groups is 1. The van der Waals surface area contributed by atoms with E-state index < -0.39 is 34.4 Å². The summed E-state index contributed by atoms with van der Waals surface area (Å²) in [7, 11) is 0. The van der Waals surface area contributed by atoms with E-state index in [0.29, 0.717) is 19.2 Å². The van der Waals surface area contributed by atoms with E-state index in [1.54, 1.807) is 4.90 Å². The van der Waals surface area contributed by atoms with Gasteiger partial charge in [0, 0.05) is 36.8 Å². The van der Waals surface area contributed by atoms with Gasteiger partial charge in [-0.25, -0.2) is 18.0 Å². The molecule has 0 bridgehead atoms. The average molecular weight is 389 g/mol. The number of hydrogen-bond acceptors (Lipinski definition) is 4. The normalized spacial score (nSPS) is 14.4. The monoisotopic (exact) mass is 389 g/mol. The molecule has 1 aliphatic heterocycles. The van der Waals surface area contributed by atoms with Crippen LogP contribution in [-0.4, -0.2) is 34.8 Å². The molecular weight excluding hydrogens is 375 g/mol. The molecule has 3 N–H and O–H groups in total. The van der Waals surface area contributed by atoms with Crippen LogP contribution in [0.1, 0.15) is 10.4 Å². The van der Waals surface area contributed by atoms with Gasteiger partial charge < -0.3 is 20.3 Å². The molecule has 0 unspecified atom stereocenters. The molecule has 144 valence electrons. The molecule has 9 heteroatoms. The minimum absolute atomic E-state index is 0.0948. The Kier molecular flexibility index (Phi) is 4.11. The van der Waals surface area contributed by atoms with Crippen molar-refractivity contribution >= 4 is 22.6 Å². The van der Waals surface area contributed by atoms with Gasteiger partial charge in [0.1, 0.15) is 23.0 Å². The number of aromatic carboxylic acids is 1. The Morgan fingerprint density at radius 3 is 2.36 bits per heavy atom. The fourth-order valence-electron chi connectivity index (χ4n) is 3.31. The molecule has 1 fully saturated rings. The van der Waals surface area contributed by atoms with E-state index in [1.165, 1.54) is 6.07 Å². The molecule has 3 aromatic rings. The summed E-state index contributed by atoms with van der Waals surface area (Å²) in [5.41, 5.74) is 4.26. The first-order valence-electron chi connectivity index (χ1n) is 8.34. The van der Waals surface area contributed by atoms with E-state index in [1.807, 2.05) is 0 Å². The van der Waals surface area contributed by atoms with E-state index in [4.69, 9.17) is 5.73 Å². The van der Waals surface area contributed by atoms with Crippen molar-refractivity contribution in [2.24, 2.45) is 5.73 Å². The highest BCUT2D eigenvalue weighted by atomic mass is 19.1. The van der Waals surface area contributed by atoms with Crippen LogP contribution in [0.15, 0.2) is 41.3 Å². The summed E-state index contributed by atoms with van der Waals surface area (Å²) in [6.45, 7) is 0.815. The lowest BCUT2D eigenvalue weighted by molar-refractivity contribution is 0.0695. The largest absolute Gasteiger partial charge is 0.477 e. The van der Waals surface area contributed by atoms with Crippen LogP contribution in [0.25, 0.3) is 16.6 Å². The molecule has 4 rings (SSSR count). The van der Waals surface area contributed by atoms with Crippen LogP contribution in [0.3, 0.4) is 0 Å². The first-order valence-corrected chi connectivity index (χ1v) is 8.34. The number of carboxylic acid groups (broad SMARTS) is 1. The predicted octanol–water partition coefficient (Wildman–Crippen LogP) is 2.25. The molecular formula is C19H14F3N3O3. The van der Waals surface area contributed by atoms with Crippen LogP contribution >= 0.6 is 0 Å². The first-order chi connectivity index (χ1) is 13.3. The van der Waals surface area contributed by atoms with E-state index in [-0.39, 0.29) is 28.3 Å². The third kappa shape index (κ3) is 2.80. The second-order valence-electron chi connectivity index (χ2n) is 6.63. The van der Waals surface area contributed by atoms with Gasteiger partial charge in [-0.2, -0.15) is 0 Å². The molecule has 28 heavy (non-hydrogen) atoms. The zero-order valence-corrected chi connectivity index (χ0v) is 14.3. The highest BCUT2D eigenvalue weighted by Gasteiger charge is 2.27. The summed E-state index contributed by atoms with van der Waals surface area (Å²) in [6, 6.07) is 4.91. The Hall–Kier alpha value is -3.33. The van der Waals surface area contributed by atoms with Crippen molar-refractivity contribution in [3.05, 3.63) is 69.8 Å². The van der Waals surface area contributed by atoms with Crippen molar-refractivity contribution in [3.8, 4) is 5.69 Å². The number of nitrogens with two attached hydrogens (primary N) is 1. The number of benzene rings is 2. The van der Waals surface area contributed by atoms with Crippen molar-refractivity contribution in [1.82, 2.24) is 4.57 Å². The summed E-state index contributed by atoms with van der Waals surface area (Å²) in [5.74, 6) is -4.03. The maximum Gasteiger partial charge on any atom is 0.341 e. The van der Waals surface area contributed by atoms with E-state index in [2.05, 4.69) is 0 Å². The molecule has 1 aliphatic rings. The molecule has 2 aromatic carbocycles. The van der Waals surface area contributed by atoms with Gasteiger partial charge in [0.15, 0.2) is 0 Å². The van der Waals surface area contributed by atoms with E-state index in [0.717, 1.165) is 29.0 Å². The van der Waals surface area contributed by atoms with Gasteiger partial charge in [-0.1, -0.05) is 0 Å². The zero-order chi connectivity index (χ0) is 20.2. The Morgan fingerprint density at radius 2 is 1.75 bits per heavy atom. The summed E-state index contributed by atoms with van der Waals surface area (Å²) >= 11 is 0. The average Bonchev–Trinajstić information content (AvgIpc) is 2.60. The summed E-state index contributed by atoms with van der Waals surface area (Å²) < 4.78 is 43.4. The fourth-order valence-corrected chi connectivity index (χ4v) is 3.31. The predicted molar refractivity (Wildman–Crippen MR) is 96.6 cm³/mol. The second kappa shape index (κ2) is 6.38. The van der Waals surface area contributed by atoms with Gasteiger partial charge in [0.2, 0.25) is 5.43 Å². The zero-order valence-electron chi connectivity index (χ0n) is 14.3. The van der Waals surface area contributed by atoms with Crippen molar-refractivity contribution < 1.29 is 23.1 Å². The lowest BCUT2D eigenvalue weighted by atomic mass is 10.1. The highest BCUT2D eigenvalue weighted by molar-refractivity contribution is 5.94. The van der Waals surface area contributed by atoms with Crippen LogP contribution in [0.4, 0.5) is 18.9 Å². The third-order valence-corrected chi connectivity index (χ3v) is 4.72. The summed E-state index contributed by atoms with van der Waals surface area (Å²) in [6.07, 6.45) is 0.951. The highest BCUT2D eigenvalue weighted by Crippen LogP contribution is 2.30. The van der Waals surface area contributed by atoms with Crippen molar-refractivity contribution in [3.63, 3.8) is 0 Å². The molecule has 0 amide bonds. The SMILES string of the molecule is NC1CN(c2cc3c(cc2F)c(=O)c(C(=O)O)cn3-c2ccc(F)cc2F)C1. The van der Waals surface area contributed by atoms with Gasteiger partial charge in [-0.3, -0.25) is 4.79 Å². The quantitative estimate of drug-likeness (QED) is 0.717. The van der Waals surface area contributed by atoms with Gasteiger partial charge >= 0.3 is 5.97 Å². The topological polar surface area (TPSA) is 88.6 Å². The molecule has 0 saturated carbocycles. The van der Waals surface area contributed by atoms with Crippen LogP contribution in [-0.2, 0) is 0 Å². The number of pyridine rings is 1. The number of carboxylic acids is 1. The molecule has 0 atom stereocenters. The second-order valence-corrected chi connectivity index (χ2v) is 6.63. The smallest absolute Gasteiger partial charge is 0.341 e. The number of anilines is 1. The van der Waals surface area contributed by atoms with Gasteiger partial charge in [0.25, 0.3) is 0 Å². The molecule has 0 radical (unpaired) electrons. The standard InChI is InChI=1S/C19H14F3N3O3/c20-9-1-2-15(13(21)3-9)25-8-12(19(27)28)18(26)11-4-14(22)17(5-16(11)25)24-6-10(23)7-24/h1-5,8,10H,6-7,23H2,(H,27,28). The van der Waals surface area contributed by atoms with Crippen molar-refractivity contribution in [2.75, 3.05) is 18.0 Å². The van der Waals surface area contributed by atoms with E-state index in [9.17, 15) is 27.9 Å². The molecule has 0 spiro atoms. The Balaban J connectivity index is 2.06. The van der Waals surface area contributed by atoms with Crippen molar-refractivity contribution in [2.45, 2.75) is 6.04 Å². The number of hydrogen-bond donors (Lipinski definition) is 2. The maximum atomic E-state index is 14.6. The lowest BCUT2D eigenvalue weighted by Gasteiger charge is -2.39. The molecule has 0 aliphatic carbocycles. The summed E-state index contributed by atoms with van der Waals surface area (Å²) in [5, 5.41) is 9.09.